The molecule has 0 saturated carbocycles. The summed E-state index contributed by atoms with van der Waals surface area (Å²) in [6.45, 7) is 8.21. The molecule has 4 aromatic rings. The second-order valence-electron chi connectivity index (χ2n) is 7.60. The molecule has 6 nitrogen and oxygen atoms in total. The molecule has 8 heteroatoms. The Bertz CT molecular complexity index is 1290. The van der Waals surface area contributed by atoms with E-state index in [4.69, 9.17) is 21.3 Å². The van der Waals surface area contributed by atoms with Crippen LogP contribution in [0.25, 0.3) is 22.3 Å². The minimum Gasteiger partial charge on any atom is -0.497 e. The summed E-state index contributed by atoms with van der Waals surface area (Å²) in [7, 11) is 1.57. The van der Waals surface area contributed by atoms with Gasteiger partial charge in [-0.05, 0) is 52.0 Å². The fourth-order valence-corrected chi connectivity index (χ4v) is 4.67. The molecule has 0 saturated heterocycles. The van der Waals surface area contributed by atoms with E-state index < -0.39 is 0 Å². The van der Waals surface area contributed by atoms with Crippen molar-refractivity contribution in [2.45, 2.75) is 33.7 Å². The predicted octanol–water partition coefficient (Wildman–Crippen LogP) is 6.27. The lowest BCUT2D eigenvalue weighted by molar-refractivity contribution is 0.102. The molecular weight excluding hydrogens is 432 g/mol. The number of ether oxygens (including phenoxy) is 1. The van der Waals surface area contributed by atoms with Gasteiger partial charge < -0.3 is 10.1 Å². The first-order valence-corrected chi connectivity index (χ1v) is 11.1. The molecule has 0 spiro atoms. The number of amides is 1. The van der Waals surface area contributed by atoms with E-state index >= 15 is 0 Å². The number of rotatable bonds is 5. The number of nitrogens with zero attached hydrogens (tertiary/aromatic N) is 3. The van der Waals surface area contributed by atoms with Crippen LogP contribution >= 0.6 is 22.9 Å². The average Bonchev–Trinajstić information content (AvgIpc) is 3.31. The van der Waals surface area contributed by atoms with Gasteiger partial charge in [-0.15, -0.1) is 11.3 Å². The van der Waals surface area contributed by atoms with Crippen molar-refractivity contribution in [2.75, 3.05) is 12.4 Å². The fourth-order valence-electron chi connectivity index (χ4n) is 3.52. The molecule has 1 amide bonds. The van der Waals surface area contributed by atoms with Crippen LogP contribution in [0.15, 0.2) is 36.5 Å². The number of methoxy groups -OCH3 is 1. The smallest absolute Gasteiger partial charge is 0.256 e. The van der Waals surface area contributed by atoms with E-state index in [0.717, 1.165) is 16.1 Å². The first kappa shape index (κ1) is 21.3. The van der Waals surface area contributed by atoms with Crippen LogP contribution in [-0.4, -0.2) is 27.8 Å². The Hall–Kier alpha value is -2.90. The highest BCUT2D eigenvalue weighted by molar-refractivity contribution is 7.12. The lowest BCUT2D eigenvalue weighted by Gasteiger charge is -2.12. The number of hydrogen-bond donors (Lipinski definition) is 1. The third-order valence-electron chi connectivity index (χ3n) is 5.04. The van der Waals surface area contributed by atoms with Crippen molar-refractivity contribution in [1.29, 1.82) is 0 Å². The molecule has 160 valence electrons. The molecule has 0 fully saturated rings. The van der Waals surface area contributed by atoms with Gasteiger partial charge in [-0.2, -0.15) is 5.10 Å². The number of halogens is 1. The van der Waals surface area contributed by atoms with Gasteiger partial charge in [-0.25, -0.2) is 9.67 Å². The van der Waals surface area contributed by atoms with Crippen LogP contribution in [0.3, 0.4) is 0 Å². The topological polar surface area (TPSA) is 69.0 Å². The predicted molar refractivity (Wildman–Crippen MR) is 127 cm³/mol. The van der Waals surface area contributed by atoms with Crippen LogP contribution in [-0.2, 0) is 0 Å². The lowest BCUT2D eigenvalue weighted by Crippen LogP contribution is -2.14. The Kier molecular flexibility index (Phi) is 5.73. The van der Waals surface area contributed by atoms with Gasteiger partial charge in [0.15, 0.2) is 5.65 Å². The van der Waals surface area contributed by atoms with Gasteiger partial charge in [0.25, 0.3) is 5.91 Å². The van der Waals surface area contributed by atoms with E-state index in [1.165, 1.54) is 4.88 Å². The number of nitrogens with one attached hydrogen (secondary N) is 1. The number of hydrogen-bond acceptors (Lipinski definition) is 5. The third-order valence-corrected chi connectivity index (χ3v) is 6.32. The number of thiophene rings is 1. The Morgan fingerprint density at radius 3 is 2.61 bits per heavy atom. The Morgan fingerprint density at radius 1 is 1.23 bits per heavy atom. The highest BCUT2D eigenvalue weighted by Gasteiger charge is 2.20. The molecule has 0 bridgehead atoms. The summed E-state index contributed by atoms with van der Waals surface area (Å²) in [5, 5.41) is 8.50. The van der Waals surface area contributed by atoms with Crippen LogP contribution < -0.4 is 10.1 Å². The Balaban J connectivity index is 1.84. The second-order valence-corrected chi connectivity index (χ2v) is 9.47. The number of benzene rings is 1. The summed E-state index contributed by atoms with van der Waals surface area (Å²) in [6.07, 6.45) is 1.70. The van der Waals surface area contributed by atoms with E-state index in [1.54, 1.807) is 42.8 Å². The molecule has 0 aliphatic heterocycles. The standard InChI is InChI=1S/C23H23ClN4O2S/c1-12(2)28-22-18(11-25-28)17(10-21(26-22)16-8-13(3)31-14(16)4)23(29)27-20-7-6-15(30-5)9-19(20)24/h6-12H,1-5H3,(H,27,29). The highest BCUT2D eigenvalue weighted by Crippen LogP contribution is 2.33. The number of fused-ring (bicyclic) bond motifs is 1. The molecule has 0 aliphatic carbocycles. The summed E-state index contributed by atoms with van der Waals surface area (Å²) in [5.41, 5.74) is 3.47. The summed E-state index contributed by atoms with van der Waals surface area (Å²) >= 11 is 8.04. The van der Waals surface area contributed by atoms with E-state index in [-0.39, 0.29) is 11.9 Å². The van der Waals surface area contributed by atoms with E-state index in [1.807, 2.05) is 24.6 Å². The van der Waals surface area contributed by atoms with Crippen molar-refractivity contribution in [3.05, 3.63) is 56.9 Å². The fraction of sp³-hybridized carbons (Fsp3) is 0.261. The minimum atomic E-state index is -0.270. The molecule has 0 aliphatic rings. The first-order chi connectivity index (χ1) is 14.8. The van der Waals surface area contributed by atoms with Gasteiger partial charge in [0.1, 0.15) is 5.75 Å². The van der Waals surface area contributed by atoms with E-state index in [0.29, 0.717) is 33.1 Å². The number of carbonyl (C=O) groups is 1. The van der Waals surface area contributed by atoms with Crippen LogP contribution in [0.1, 0.15) is 40.0 Å². The molecule has 1 N–H and O–H groups in total. The number of pyridine rings is 1. The molecule has 4 rings (SSSR count). The number of aryl methyl sites for hydroxylation is 2. The number of carbonyl (C=O) groups excluding carboxylic acids is 1. The van der Waals surface area contributed by atoms with Gasteiger partial charge in [0, 0.05) is 27.4 Å². The van der Waals surface area contributed by atoms with Crippen molar-refractivity contribution < 1.29 is 9.53 Å². The van der Waals surface area contributed by atoms with Crippen LogP contribution in [0.5, 0.6) is 5.75 Å². The molecule has 31 heavy (non-hydrogen) atoms. The molecule has 0 unspecified atom stereocenters. The average molecular weight is 455 g/mol. The van der Waals surface area contributed by atoms with Crippen molar-refractivity contribution in [1.82, 2.24) is 14.8 Å². The number of anilines is 1. The van der Waals surface area contributed by atoms with Gasteiger partial charge in [-0.3, -0.25) is 4.79 Å². The monoisotopic (exact) mass is 454 g/mol. The maximum atomic E-state index is 13.3. The van der Waals surface area contributed by atoms with Crippen LogP contribution in [0, 0.1) is 13.8 Å². The maximum absolute atomic E-state index is 13.3. The summed E-state index contributed by atoms with van der Waals surface area (Å²) in [4.78, 5) is 20.6. The van der Waals surface area contributed by atoms with Crippen molar-refractivity contribution in [2.24, 2.45) is 0 Å². The van der Waals surface area contributed by atoms with E-state index in [9.17, 15) is 4.79 Å². The van der Waals surface area contributed by atoms with Crippen LogP contribution in [0.2, 0.25) is 5.02 Å². The van der Waals surface area contributed by atoms with Gasteiger partial charge in [0.2, 0.25) is 0 Å². The zero-order valence-electron chi connectivity index (χ0n) is 18.0. The second kappa shape index (κ2) is 8.32. The summed E-state index contributed by atoms with van der Waals surface area (Å²) in [6, 6.07) is 9.19. The molecule has 0 atom stereocenters. The Labute approximate surface area is 189 Å². The summed E-state index contributed by atoms with van der Waals surface area (Å²) < 4.78 is 7.02. The summed E-state index contributed by atoms with van der Waals surface area (Å²) in [5.74, 6) is 0.353. The van der Waals surface area contributed by atoms with Gasteiger partial charge in [0.05, 0.1) is 40.7 Å². The number of aromatic nitrogens is 3. The zero-order valence-corrected chi connectivity index (χ0v) is 19.6. The molecule has 3 heterocycles. The van der Waals surface area contributed by atoms with Gasteiger partial charge in [-0.1, -0.05) is 11.6 Å². The van der Waals surface area contributed by atoms with Crippen LogP contribution in [0.4, 0.5) is 5.69 Å². The quantitative estimate of drug-likeness (QED) is 0.385. The third kappa shape index (κ3) is 4.03. The van der Waals surface area contributed by atoms with Crippen molar-refractivity contribution in [3.8, 4) is 17.0 Å². The SMILES string of the molecule is COc1ccc(NC(=O)c2cc(-c3cc(C)sc3C)nc3c2cnn3C(C)C)c(Cl)c1. The lowest BCUT2D eigenvalue weighted by atomic mass is 10.1. The highest BCUT2D eigenvalue weighted by atomic mass is 35.5. The van der Waals surface area contributed by atoms with Crippen molar-refractivity contribution in [3.63, 3.8) is 0 Å². The van der Waals surface area contributed by atoms with Gasteiger partial charge >= 0.3 is 0 Å². The largest absolute Gasteiger partial charge is 0.497 e. The maximum Gasteiger partial charge on any atom is 0.256 e. The Morgan fingerprint density at radius 2 is 2.00 bits per heavy atom. The van der Waals surface area contributed by atoms with Crippen molar-refractivity contribution >= 4 is 45.6 Å². The molecule has 0 radical (unpaired) electrons. The van der Waals surface area contributed by atoms with E-state index in [2.05, 4.69) is 30.3 Å². The molecule has 3 aromatic heterocycles. The normalized spacial score (nSPS) is 11.3. The minimum absolute atomic E-state index is 0.109. The first-order valence-electron chi connectivity index (χ1n) is 9.89. The zero-order chi connectivity index (χ0) is 22.3. The molecule has 1 aromatic carbocycles. The molecular formula is C23H23ClN4O2S.